The number of benzene rings is 2. The predicted molar refractivity (Wildman–Crippen MR) is 114 cm³/mol. The van der Waals surface area contributed by atoms with Crippen LogP contribution in [-0.4, -0.2) is 32.7 Å². The lowest BCUT2D eigenvalue weighted by molar-refractivity contribution is 0.415. The number of ether oxygens (including phenoxy) is 1. The van der Waals surface area contributed by atoms with Crippen molar-refractivity contribution in [2.45, 2.75) is 4.90 Å². The lowest BCUT2D eigenvalue weighted by Gasteiger charge is -2.11. The summed E-state index contributed by atoms with van der Waals surface area (Å²) >= 11 is 0. The minimum Gasteiger partial charge on any atom is -0.495 e. The number of sulfone groups is 1. The van der Waals surface area contributed by atoms with Gasteiger partial charge in [-0.15, -0.1) is 0 Å². The van der Waals surface area contributed by atoms with E-state index in [0.717, 1.165) is 17.4 Å². The van der Waals surface area contributed by atoms with E-state index < -0.39 is 9.84 Å². The number of guanidine groups is 1. The van der Waals surface area contributed by atoms with Crippen molar-refractivity contribution in [2.75, 3.05) is 24.4 Å². The maximum Gasteiger partial charge on any atom is 0.221 e. The number of aromatic nitrogens is 1. The van der Waals surface area contributed by atoms with E-state index in [1.54, 1.807) is 12.3 Å². The van der Waals surface area contributed by atoms with Crippen molar-refractivity contribution in [1.29, 1.82) is 5.41 Å². The van der Waals surface area contributed by atoms with Crippen molar-refractivity contribution in [1.82, 2.24) is 4.98 Å². The second-order valence-corrected chi connectivity index (χ2v) is 8.32. The Kier molecular flexibility index (Phi) is 5.69. The molecule has 0 aliphatic carbocycles. The zero-order valence-corrected chi connectivity index (χ0v) is 16.7. The molecule has 0 amide bonds. The summed E-state index contributed by atoms with van der Waals surface area (Å²) in [6.45, 7) is 0. The number of anilines is 2. The molecule has 3 rings (SSSR count). The van der Waals surface area contributed by atoms with Crippen LogP contribution in [0.4, 0.5) is 11.4 Å². The molecule has 0 unspecified atom stereocenters. The Morgan fingerprint density at radius 3 is 2.38 bits per heavy atom. The van der Waals surface area contributed by atoms with Gasteiger partial charge in [0.25, 0.3) is 0 Å². The summed E-state index contributed by atoms with van der Waals surface area (Å²) in [5, 5.41) is 10.9. The van der Waals surface area contributed by atoms with Crippen LogP contribution in [0.3, 0.4) is 0 Å². The third-order valence-electron chi connectivity index (χ3n) is 4.13. The first kappa shape index (κ1) is 20.2. The monoisotopic (exact) mass is 411 g/mol. The van der Waals surface area contributed by atoms with Crippen molar-refractivity contribution in [3.63, 3.8) is 0 Å². The zero-order valence-electron chi connectivity index (χ0n) is 15.9. The molecule has 5 N–H and O–H groups in total. The molecule has 3 aromatic rings. The third-order valence-corrected chi connectivity index (χ3v) is 5.24. The van der Waals surface area contributed by atoms with E-state index in [1.165, 1.54) is 25.3 Å². The number of nitrogens with one attached hydrogen (secondary N) is 3. The van der Waals surface area contributed by atoms with Gasteiger partial charge in [0.15, 0.2) is 9.84 Å². The lowest BCUT2D eigenvalue weighted by atomic mass is 10.1. The average molecular weight is 411 g/mol. The number of rotatable bonds is 4. The second kappa shape index (κ2) is 8.19. The SMILES string of the molecule is COc1cc(S(C)(=O)=O)ccc1NC(=N)/N=c1/ccc(-c2ccc(N)cc2)c[nH]1. The first-order chi connectivity index (χ1) is 13.8. The van der Waals surface area contributed by atoms with Gasteiger partial charge in [-0.3, -0.25) is 5.41 Å². The smallest absolute Gasteiger partial charge is 0.221 e. The molecule has 29 heavy (non-hydrogen) atoms. The van der Waals surface area contributed by atoms with Crippen LogP contribution in [0.15, 0.2) is 70.7 Å². The van der Waals surface area contributed by atoms with Crippen LogP contribution < -0.4 is 21.3 Å². The number of H-pyrrole nitrogens is 1. The molecule has 1 heterocycles. The van der Waals surface area contributed by atoms with Crippen LogP contribution in [-0.2, 0) is 9.84 Å². The highest BCUT2D eigenvalue weighted by atomic mass is 32.2. The van der Waals surface area contributed by atoms with E-state index in [0.29, 0.717) is 22.6 Å². The quantitative estimate of drug-likeness (QED) is 0.297. The normalized spacial score (nSPS) is 11.9. The topological polar surface area (TPSA) is 133 Å². The summed E-state index contributed by atoms with van der Waals surface area (Å²) in [5.41, 5.74) is 9.29. The van der Waals surface area contributed by atoms with E-state index in [-0.39, 0.29) is 10.9 Å². The Hall–Kier alpha value is -3.59. The summed E-state index contributed by atoms with van der Waals surface area (Å²) in [4.78, 5) is 7.34. The van der Waals surface area contributed by atoms with Gasteiger partial charge in [0, 0.05) is 24.2 Å². The van der Waals surface area contributed by atoms with Crippen LogP contribution in [0.5, 0.6) is 5.75 Å². The number of pyridine rings is 1. The Balaban J connectivity index is 1.79. The molecule has 0 radical (unpaired) electrons. The van der Waals surface area contributed by atoms with Gasteiger partial charge in [-0.25, -0.2) is 8.42 Å². The predicted octanol–water partition coefficient (Wildman–Crippen LogP) is 2.62. The fraction of sp³-hybridized carbons (Fsp3) is 0.100. The van der Waals surface area contributed by atoms with E-state index in [2.05, 4.69) is 15.3 Å². The van der Waals surface area contributed by atoms with E-state index in [9.17, 15) is 8.42 Å². The first-order valence-electron chi connectivity index (χ1n) is 8.59. The molecule has 0 saturated carbocycles. The Bertz CT molecular complexity index is 1200. The fourth-order valence-electron chi connectivity index (χ4n) is 2.62. The highest BCUT2D eigenvalue weighted by molar-refractivity contribution is 7.90. The minimum absolute atomic E-state index is 0.133. The van der Waals surface area contributed by atoms with E-state index in [1.807, 2.05) is 30.3 Å². The van der Waals surface area contributed by atoms with Crippen molar-refractivity contribution in [3.8, 4) is 16.9 Å². The van der Waals surface area contributed by atoms with Gasteiger partial charge in [0.1, 0.15) is 11.2 Å². The Morgan fingerprint density at radius 2 is 1.79 bits per heavy atom. The van der Waals surface area contributed by atoms with E-state index in [4.69, 9.17) is 15.9 Å². The van der Waals surface area contributed by atoms with Crippen molar-refractivity contribution in [3.05, 3.63) is 66.3 Å². The summed E-state index contributed by atoms with van der Waals surface area (Å²) in [7, 11) is -1.93. The highest BCUT2D eigenvalue weighted by Gasteiger charge is 2.12. The van der Waals surface area contributed by atoms with Crippen LogP contribution in [0, 0.1) is 5.41 Å². The van der Waals surface area contributed by atoms with Gasteiger partial charge in [0.05, 0.1) is 17.7 Å². The fourth-order valence-corrected chi connectivity index (χ4v) is 3.26. The number of hydrogen-bond donors (Lipinski definition) is 4. The second-order valence-electron chi connectivity index (χ2n) is 6.30. The van der Waals surface area contributed by atoms with Crippen molar-refractivity contribution in [2.24, 2.45) is 4.99 Å². The molecule has 0 saturated heterocycles. The van der Waals surface area contributed by atoms with Gasteiger partial charge in [-0.05, 0) is 47.5 Å². The van der Waals surface area contributed by atoms with Crippen LogP contribution in [0.25, 0.3) is 11.1 Å². The molecule has 1 aromatic heterocycles. The summed E-state index contributed by atoms with van der Waals surface area (Å²) in [5.74, 6) is 0.169. The first-order valence-corrected chi connectivity index (χ1v) is 10.5. The molecule has 0 bridgehead atoms. The van der Waals surface area contributed by atoms with Gasteiger partial charge < -0.3 is 20.8 Å². The van der Waals surface area contributed by atoms with Crippen molar-refractivity contribution >= 4 is 27.2 Å². The van der Waals surface area contributed by atoms with Gasteiger partial charge >= 0.3 is 0 Å². The highest BCUT2D eigenvalue weighted by Crippen LogP contribution is 2.27. The van der Waals surface area contributed by atoms with Crippen LogP contribution in [0.2, 0.25) is 0 Å². The average Bonchev–Trinajstić information content (AvgIpc) is 2.68. The maximum absolute atomic E-state index is 11.7. The molecule has 0 atom stereocenters. The number of nitrogens with two attached hydrogens (primary N) is 1. The molecule has 0 aliphatic heterocycles. The standard InChI is InChI=1S/C20H21N5O3S/c1-28-18-11-16(29(2,26)27)8-9-17(18)24-20(22)25-19-10-5-14(12-23-19)13-3-6-15(21)7-4-13/h3-12H,21H2,1-2H3,(H3,22,23,24,25). The Labute approximate surface area is 168 Å². The third kappa shape index (κ3) is 5.02. The summed E-state index contributed by atoms with van der Waals surface area (Å²) < 4.78 is 28.6. The summed E-state index contributed by atoms with van der Waals surface area (Å²) in [6, 6.07) is 15.5. The number of aromatic amines is 1. The molecular formula is C20H21N5O3S. The molecule has 9 heteroatoms. The molecular weight excluding hydrogens is 390 g/mol. The summed E-state index contributed by atoms with van der Waals surface area (Å²) in [6.07, 6.45) is 2.91. The Morgan fingerprint density at radius 1 is 1.10 bits per heavy atom. The molecule has 0 aliphatic rings. The molecule has 8 nitrogen and oxygen atoms in total. The largest absolute Gasteiger partial charge is 0.495 e. The molecule has 0 fully saturated rings. The van der Waals surface area contributed by atoms with Gasteiger partial charge in [0.2, 0.25) is 5.96 Å². The number of nitrogens with zero attached hydrogens (tertiary/aromatic N) is 1. The van der Waals surface area contributed by atoms with Gasteiger partial charge in [-0.2, -0.15) is 4.99 Å². The van der Waals surface area contributed by atoms with Gasteiger partial charge in [-0.1, -0.05) is 12.1 Å². The number of methoxy groups -OCH3 is 1. The minimum atomic E-state index is -3.36. The lowest BCUT2D eigenvalue weighted by Crippen LogP contribution is -2.16. The molecule has 150 valence electrons. The van der Waals surface area contributed by atoms with Crippen LogP contribution in [0.1, 0.15) is 0 Å². The van der Waals surface area contributed by atoms with E-state index >= 15 is 0 Å². The zero-order chi connectivity index (χ0) is 21.0. The maximum atomic E-state index is 11.7. The number of hydrogen-bond acceptors (Lipinski definition) is 5. The van der Waals surface area contributed by atoms with Crippen molar-refractivity contribution < 1.29 is 13.2 Å². The number of nitrogen functional groups attached to an aromatic ring is 1. The molecule has 2 aromatic carbocycles. The van der Waals surface area contributed by atoms with Crippen LogP contribution >= 0.6 is 0 Å². The molecule has 0 spiro atoms.